The van der Waals surface area contributed by atoms with E-state index in [1.54, 1.807) is 24.1 Å². The van der Waals surface area contributed by atoms with Gasteiger partial charge in [0.25, 0.3) is 5.22 Å². The van der Waals surface area contributed by atoms with E-state index in [4.69, 9.17) is 4.42 Å². The predicted octanol–water partition coefficient (Wildman–Crippen LogP) is 3.63. The van der Waals surface area contributed by atoms with Crippen molar-refractivity contribution in [2.24, 2.45) is 0 Å². The van der Waals surface area contributed by atoms with E-state index >= 15 is 0 Å². The minimum Gasteiger partial charge on any atom is -0.411 e. The number of halogens is 1. The molecule has 0 unspecified atom stereocenters. The van der Waals surface area contributed by atoms with Crippen molar-refractivity contribution in [2.75, 3.05) is 12.8 Å². The Labute approximate surface area is 148 Å². The highest BCUT2D eigenvalue weighted by molar-refractivity contribution is 7.99. The zero-order valence-corrected chi connectivity index (χ0v) is 14.4. The maximum atomic E-state index is 12.9. The Morgan fingerprint density at radius 1 is 1.12 bits per heavy atom. The molecule has 0 spiro atoms. The molecule has 0 radical (unpaired) electrons. The third-order valence-electron chi connectivity index (χ3n) is 3.51. The zero-order chi connectivity index (χ0) is 17.6. The van der Waals surface area contributed by atoms with Gasteiger partial charge in [0.2, 0.25) is 11.8 Å². The molecule has 0 aliphatic carbocycles. The smallest absolute Gasteiger partial charge is 0.277 e. The Balaban J connectivity index is 1.53. The highest BCUT2D eigenvalue weighted by atomic mass is 32.2. The summed E-state index contributed by atoms with van der Waals surface area (Å²) in [4.78, 5) is 13.8. The van der Waals surface area contributed by atoms with Gasteiger partial charge >= 0.3 is 0 Å². The van der Waals surface area contributed by atoms with Crippen LogP contribution in [0.5, 0.6) is 0 Å². The molecule has 7 heteroatoms. The van der Waals surface area contributed by atoms with Gasteiger partial charge in [-0.25, -0.2) is 4.39 Å². The molecule has 0 fully saturated rings. The fourth-order valence-electron chi connectivity index (χ4n) is 2.15. The van der Waals surface area contributed by atoms with Gasteiger partial charge in [0.1, 0.15) is 5.82 Å². The number of benzene rings is 2. The third kappa shape index (κ3) is 4.67. The van der Waals surface area contributed by atoms with E-state index < -0.39 is 0 Å². The lowest BCUT2D eigenvalue weighted by atomic mass is 10.2. The summed E-state index contributed by atoms with van der Waals surface area (Å²) in [7, 11) is 1.70. The Morgan fingerprint density at radius 3 is 2.56 bits per heavy atom. The van der Waals surface area contributed by atoms with E-state index in [-0.39, 0.29) is 17.5 Å². The van der Waals surface area contributed by atoms with Gasteiger partial charge in [-0.3, -0.25) is 4.79 Å². The van der Waals surface area contributed by atoms with Crippen LogP contribution in [-0.4, -0.2) is 33.8 Å². The summed E-state index contributed by atoms with van der Waals surface area (Å²) >= 11 is 1.19. The van der Waals surface area contributed by atoms with Crippen molar-refractivity contribution in [3.05, 3.63) is 66.0 Å². The molecule has 1 heterocycles. The fraction of sp³-hybridized carbons (Fsp3) is 0.167. The van der Waals surface area contributed by atoms with Crippen LogP contribution in [0.1, 0.15) is 5.56 Å². The second-order valence-corrected chi connectivity index (χ2v) is 6.33. The number of hydrogen-bond acceptors (Lipinski definition) is 5. The first-order chi connectivity index (χ1) is 12.1. The number of carbonyl (C=O) groups is 1. The van der Waals surface area contributed by atoms with Crippen molar-refractivity contribution in [3.8, 4) is 11.5 Å². The van der Waals surface area contributed by atoms with Crippen LogP contribution in [0.25, 0.3) is 11.5 Å². The van der Waals surface area contributed by atoms with Crippen LogP contribution in [0.3, 0.4) is 0 Å². The molecule has 1 aromatic heterocycles. The maximum Gasteiger partial charge on any atom is 0.277 e. The van der Waals surface area contributed by atoms with Gasteiger partial charge in [0.15, 0.2) is 0 Å². The van der Waals surface area contributed by atoms with E-state index in [0.29, 0.717) is 17.7 Å². The molecule has 0 aliphatic heterocycles. The number of hydrogen-bond donors (Lipinski definition) is 0. The molecule has 3 rings (SSSR count). The van der Waals surface area contributed by atoms with Gasteiger partial charge in [0, 0.05) is 19.2 Å². The lowest BCUT2D eigenvalue weighted by Gasteiger charge is -2.16. The minimum atomic E-state index is -0.293. The summed E-state index contributed by atoms with van der Waals surface area (Å²) in [6, 6.07) is 15.5. The number of rotatable bonds is 6. The van der Waals surface area contributed by atoms with E-state index in [2.05, 4.69) is 10.2 Å². The molecule has 0 aliphatic rings. The van der Waals surface area contributed by atoms with Gasteiger partial charge in [-0.2, -0.15) is 0 Å². The molecule has 0 N–H and O–H groups in total. The molecule has 2 aromatic carbocycles. The lowest BCUT2D eigenvalue weighted by Crippen LogP contribution is -2.27. The summed E-state index contributed by atoms with van der Waals surface area (Å²) in [6.45, 7) is 0.415. The van der Waals surface area contributed by atoms with E-state index in [1.165, 1.54) is 23.9 Å². The molecule has 1 amide bonds. The summed E-state index contributed by atoms with van der Waals surface area (Å²) < 4.78 is 18.5. The normalized spacial score (nSPS) is 10.6. The van der Waals surface area contributed by atoms with Gasteiger partial charge in [-0.1, -0.05) is 42.1 Å². The molecule has 0 saturated carbocycles. The standard InChI is InChI=1S/C18H16FN3O2S/c1-22(11-13-7-9-15(19)10-8-13)16(23)12-25-18-21-20-17(24-18)14-5-3-2-4-6-14/h2-10H,11-12H2,1H3. The van der Waals surface area contributed by atoms with Gasteiger partial charge < -0.3 is 9.32 Å². The molecule has 25 heavy (non-hydrogen) atoms. The van der Waals surface area contributed by atoms with Crippen LogP contribution < -0.4 is 0 Å². The molecule has 0 bridgehead atoms. The monoisotopic (exact) mass is 357 g/mol. The highest BCUT2D eigenvalue weighted by Crippen LogP contribution is 2.23. The van der Waals surface area contributed by atoms with Crippen LogP contribution in [0.15, 0.2) is 64.2 Å². The summed E-state index contributed by atoms with van der Waals surface area (Å²) in [5.41, 5.74) is 1.70. The number of amides is 1. The fourth-order valence-corrected chi connectivity index (χ4v) is 2.85. The number of nitrogens with zero attached hydrogens (tertiary/aromatic N) is 3. The van der Waals surface area contributed by atoms with Crippen LogP contribution in [0.2, 0.25) is 0 Å². The quantitative estimate of drug-likeness (QED) is 0.631. The molecular weight excluding hydrogens is 341 g/mol. The van der Waals surface area contributed by atoms with Crippen molar-refractivity contribution in [3.63, 3.8) is 0 Å². The number of aromatic nitrogens is 2. The third-order valence-corrected chi connectivity index (χ3v) is 4.31. The zero-order valence-electron chi connectivity index (χ0n) is 13.6. The second kappa shape index (κ2) is 7.94. The van der Waals surface area contributed by atoms with Crippen molar-refractivity contribution < 1.29 is 13.6 Å². The van der Waals surface area contributed by atoms with Crippen LogP contribution in [0, 0.1) is 5.82 Å². The molecule has 128 valence electrons. The van der Waals surface area contributed by atoms with Gasteiger partial charge in [-0.15, -0.1) is 10.2 Å². The second-order valence-electron chi connectivity index (χ2n) is 5.40. The molecule has 0 saturated heterocycles. The average molecular weight is 357 g/mol. The predicted molar refractivity (Wildman–Crippen MR) is 93.3 cm³/mol. The average Bonchev–Trinajstić information content (AvgIpc) is 3.11. The van der Waals surface area contributed by atoms with Crippen molar-refractivity contribution in [2.45, 2.75) is 11.8 Å². The number of carbonyl (C=O) groups excluding carboxylic acids is 1. The highest BCUT2D eigenvalue weighted by Gasteiger charge is 2.14. The van der Waals surface area contributed by atoms with Crippen LogP contribution in [-0.2, 0) is 11.3 Å². The topological polar surface area (TPSA) is 59.2 Å². The van der Waals surface area contributed by atoms with Crippen molar-refractivity contribution in [1.82, 2.24) is 15.1 Å². The summed E-state index contributed by atoms with van der Waals surface area (Å²) in [6.07, 6.45) is 0. The SMILES string of the molecule is CN(Cc1ccc(F)cc1)C(=O)CSc1nnc(-c2ccccc2)o1. The summed E-state index contributed by atoms with van der Waals surface area (Å²) in [5.74, 6) is 0.247. The lowest BCUT2D eigenvalue weighted by molar-refractivity contribution is -0.127. The van der Waals surface area contributed by atoms with Gasteiger partial charge in [-0.05, 0) is 29.8 Å². The Morgan fingerprint density at radius 2 is 1.84 bits per heavy atom. The minimum absolute atomic E-state index is 0.0752. The van der Waals surface area contributed by atoms with Crippen LogP contribution >= 0.6 is 11.8 Å². The molecule has 5 nitrogen and oxygen atoms in total. The first-order valence-corrected chi connectivity index (χ1v) is 8.60. The van der Waals surface area contributed by atoms with Crippen LogP contribution in [0.4, 0.5) is 4.39 Å². The first kappa shape index (κ1) is 17.2. The summed E-state index contributed by atoms with van der Waals surface area (Å²) in [5, 5.41) is 8.29. The first-order valence-electron chi connectivity index (χ1n) is 7.62. The van der Waals surface area contributed by atoms with E-state index in [0.717, 1.165) is 11.1 Å². The maximum absolute atomic E-state index is 12.9. The Bertz CT molecular complexity index is 837. The van der Waals surface area contributed by atoms with Crippen molar-refractivity contribution >= 4 is 17.7 Å². The molecule has 3 aromatic rings. The largest absolute Gasteiger partial charge is 0.411 e. The van der Waals surface area contributed by atoms with E-state index in [1.807, 2.05) is 30.3 Å². The Hall–Kier alpha value is -2.67. The number of thioether (sulfide) groups is 1. The molecular formula is C18H16FN3O2S. The van der Waals surface area contributed by atoms with E-state index in [9.17, 15) is 9.18 Å². The van der Waals surface area contributed by atoms with Gasteiger partial charge in [0.05, 0.1) is 5.75 Å². The molecule has 0 atom stereocenters. The Kier molecular flexibility index (Phi) is 5.45. The van der Waals surface area contributed by atoms with Crippen molar-refractivity contribution in [1.29, 1.82) is 0 Å².